The molecule has 0 aliphatic carbocycles. The topological polar surface area (TPSA) is 67.6 Å². The zero-order valence-electron chi connectivity index (χ0n) is 15.7. The van der Waals surface area contributed by atoms with Gasteiger partial charge >= 0.3 is 0 Å². The minimum atomic E-state index is -0.451. The van der Waals surface area contributed by atoms with E-state index in [1.807, 2.05) is 18.2 Å². The van der Waals surface area contributed by atoms with E-state index in [1.54, 1.807) is 7.11 Å². The molecule has 0 aliphatic heterocycles. The van der Waals surface area contributed by atoms with Gasteiger partial charge in [-0.25, -0.2) is 0 Å². The Hall–Kier alpha value is -1.59. The number of nitrogens with two attached hydrogens (primary N) is 1. The highest BCUT2D eigenvalue weighted by atomic mass is 16.5. The van der Waals surface area contributed by atoms with Crippen molar-refractivity contribution in [2.75, 3.05) is 26.7 Å². The molecule has 136 valence electrons. The Morgan fingerprint density at radius 1 is 1.29 bits per heavy atom. The summed E-state index contributed by atoms with van der Waals surface area (Å²) >= 11 is 0. The summed E-state index contributed by atoms with van der Waals surface area (Å²) < 4.78 is 5.33. The van der Waals surface area contributed by atoms with Crippen LogP contribution in [-0.4, -0.2) is 43.6 Å². The van der Waals surface area contributed by atoms with Crippen molar-refractivity contribution in [1.29, 1.82) is 0 Å². The molecule has 0 saturated heterocycles. The fraction of sp³-hybridized carbons (Fsp3) is 0.632. The second-order valence-electron chi connectivity index (χ2n) is 6.49. The summed E-state index contributed by atoms with van der Waals surface area (Å²) in [5.74, 6) is 1.15. The second kappa shape index (κ2) is 10.3. The van der Waals surface area contributed by atoms with Crippen LogP contribution in [0.25, 0.3) is 0 Å². The summed E-state index contributed by atoms with van der Waals surface area (Å²) in [6.45, 7) is 10.8. The molecule has 0 fully saturated rings. The van der Waals surface area contributed by atoms with Crippen LogP contribution in [-0.2, 0) is 4.79 Å². The minimum absolute atomic E-state index is 0.0799. The molecule has 0 aromatic heterocycles. The zero-order valence-corrected chi connectivity index (χ0v) is 15.7. The van der Waals surface area contributed by atoms with Crippen molar-refractivity contribution < 1.29 is 9.53 Å². The van der Waals surface area contributed by atoms with E-state index in [4.69, 9.17) is 10.5 Å². The van der Waals surface area contributed by atoms with E-state index in [0.29, 0.717) is 18.9 Å². The van der Waals surface area contributed by atoms with Crippen molar-refractivity contribution in [3.63, 3.8) is 0 Å². The first-order valence-corrected chi connectivity index (χ1v) is 8.84. The normalized spacial score (nSPS) is 13.8. The predicted molar refractivity (Wildman–Crippen MR) is 99.1 cm³/mol. The van der Waals surface area contributed by atoms with Crippen LogP contribution in [0.1, 0.15) is 45.7 Å². The number of amides is 1. The number of carbonyl (C=O) groups is 1. The van der Waals surface area contributed by atoms with E-state index >= 15 is 0 Å². The number of benzene rings is 1. The van der Waals surface area contributed by atoms with Crippen LogP contribution >= 0.6 is 0 Å². The molecule has 0 radical (unpaired) electrons. The number of methoxy groups -OCH3 is 1. The Balaban J connectivity index is 2.85. The highest BCUT2D eigenvalue weighted by Gasteiger charge is 2.21. The SMILES string of the molecule is CCN(CC)C(CNC(=O)[C@@H](N)CC(C)C)c1cccc(OC)c1. The van der Waals surface area contributed by atoms with Crippen molar-refractivity contribution in [2.24, 2.45) is 11.7 Å². The maximum Gasteiger partial charge on any atom is 0.236 e. The van der Waals surface area contributed by atoms with Crippen molar-refractivity contribution in [3.05, 3.63) is 29.8 Å². The molecule has 1 rings (SSSR count). The first kappa shape index (κ1) is 20.5. The molecule has 0 spiro atoms. The fourth-order valence-electron chi connectivity index (χ4n) is 2.91. The molecule has 0 aliphatic rings. The third-order valence-corrected chi connectivity index (χ3v) is 4.26. The van der Waals surface area contributed by atoms with E-state index in [-0.39, 0.29) is 11.9 Å². The standard InChI is InChI=1S/C19H33N3O2/c1-6-22(7-2)18(15-9-8-10-16(12-15)24-5)13-21-19(23)17(20)11-14(3)4/h8-10,12,14,17-18H,6-7,11,13,20H2,1-5H3,(H,21,23)/t17-,18?/m0/s1. The van der Waals surface area contributed by atoms with Crippen molar-refractivity contribution in [1.82, 2.24) is 10.2 Å². The Morgan fingerprint density at radius 2 is 1.96 bits per heavy atom. The first-order chi connectivity index (χ1) is 11.4. The molecule has 1 aromatic carbocycles. The number of likely N-dealkylation sites (N-methyl/N-ethyl adjacent to an activating group) is 1. The monoisotopic (exact) mass is 335 g/mol. The average molecular weight is 335 g/mol. The van der Waals surface area contributed by atoms with Crippen LogP contribution in [0.2, 0.25) is 0 Å². The number of hydrogen-bond acceptors (Lipinski definition) is 4. The maximum atomic E-state index is 12.3. The van der Waals surface area contributed by atoms with Crippen molar-refractivity contribution in [2.45, 2.75) is 46.2 Å². The average Bonchev–Trinajstić information content (AvgIpc) is 2.57. The third kappa shape index (κ3) is 6.13. The molecular weight excluding hydrogens is 302 g/mol. The Bertz CT molecular complexity index is 501. The number of nitrogens with zero attached hydrogens (tertiary/aromatic N) is 1. The Labute approximate surface area is 146 Å². The molecule has 3 N–H and O–H groups in total. The van der Waals surface area contributed by atoms with Gasteiger partial charge in [0, 0.05) is 6.54 Å². The number of hydrogen-bond donors (Lipinski definition) is 2. The highest BCUT2D eigenvalue weighted by molar-refractivity contribution is 5.81. The summed E-state index contributed by atoms with van der Waals surface area (Å²) in [6.07, 6.45) is 0.695. The van der Waals surface area contributed by atoms with E-state index in [2.05, 4.69) is 44.0 Å². The lowest BCUT2D eigenvalue weighted by molar-refractivity contribution is -0.123. The summed E-state index contributed by atoms with van der Waals surface area (Å²) in [6, 6.07) is 7.67. The molecule has 1 unspecified atom stereocenters. The zero-order chi connectivity index (χ0) is 18.1. The molecule has 1 aromatic rings. The van der Waals surface area contributed by atoms with Crippen LogP contribution in [0.5, 0.6) is 5.75 Å². The van der Waals surface area contributed by atoms with E-state index in [9.17, 15) is 4.79 Å². The number of carbonyl (C=O) groups excluding carboxylic acids is 1. The Kier molecular flexibility index (Phi) is 8.79. The lowest BCUT2D eigenvalue weighted by atomic mass is 10.0. The van der Waals surface area contributed by atoms with Crippen LogP contribution in [0.15, 0.2) is 24.3 Å². The molecular formula is C19H33N3O2. The third-order valence-electron chi connectivity index (χ3n) is 4.26. The van der Waals surface area contributed by atoms with Gasteiger partial charge in [-0.15, -0.1) is 0 Å². The first-order valence-electron chi connectivity index (χ1n) is 8.84. The van der Waals surface area contributed by atoms with E-state index in [1.165, 1.54) is 0 Å². The largest absolute Gasteiger partial charge is 0.497 e. The van der Waals surface area contributed by atoms with Crippen molar-refractivity contribution >= 4 is 5.91 Å². The summed E-state index contributed by atoms with van der Waals surface area (Å²) in [5, 5.41) is 3.03. The highest BCUT2D eigenvalue weighted by Crippen LogP contribution is 2.23. The summed E-state index contributed by atoms with van der Waals surface area (Å²) in [4.78, 5) is 14.6. The molecule has 0 bridgehead atoms. The van der Waals surface area contributed by atoms with E-state index in [0.717, 1.165) is 24.4 Å². The fourth-order valence-corrected chi connectivity index (χ4v) is 2.91. The second-order valence-corrected chi connectivity index (χ2v) is 6.49. The quantitative estimate of drug-likeness (QED) is 0.689. The number of nitrogens with one attached hydrogen (secondary N) is 1. The van der Waals surface area contributed by atoms with Crippen LogP contribution in [0.3, 0.4) is 0 Å². The van der Waals surface area contributed by atoms with Crippen LogP contribution < -0.4 is 15.8 Å². The number of ether oxygens (including phenoxy) is 1. The molecule has 0 heterocycles. The summed E-state index contributed by atoms with van der Waals surface area (Å²) in [7, 11) is 1.66. The number of rotatable bonds is 10. The van der Waals surface area contributed by atoms with Gasteiger partial charge in [-0.3, -0.25) is 9.69 Å². The van der Waals surface area contributed by atoms with E-state index < -0.39 is 6.04 Å². The van der Waals surface area contributed by atoms with Gasteiger partial charge in [-0.05, 0) is 43.1 Å². The molecule has 5 heteroatoms. The van der Waals surface area contributed by atoms with Crippen molar-refractivity contribution in [3.8, 4) is 5.75 Å². The molecule has 2 atom stereocenters. The van der Waals surface area contributed by atoms with Gasteiger partial charge in [0.1, 0.15) is 5.75 Å². The van der Waals surface area contributed by atoms with Gasteiger partial charge in [0.2, 0.25) is 5.91 Å². The van der Waals surface area contributed by atoms with Gasteiger partial charge in [0.25, 0.3) is 0 Å². The molecule has 5 nitrogen and oxygen atoms in total. The lowest BCUT2D eigenvalue weighted by Gasteiger charge is -2.31. The molecule has 0 saturated carbocycles. The smallest absolute Gasteiger partial charge is 0.236 e. The van der Waals surface area contributed by atoms with Crippen LogP contribution in [0.4, 0.5) is 0 Å². The molecule has 24 heavy (non-hydrogen) atoms. The lowest BCUT2D eigenvalue weighted by Crippen LogP contribution is -2.45. The maximum absolute atomic E-state index is 12.3. The van der Waals surface area contributed by atoms with Gasteiger partial charge in [0.05, 0.1) is 19.2 Å². The van der Waals surface area contributed by atoms with Gasteiger partial charge in [0.15, 0.2) is 0 Å². The van der Waals surface area contributed by atoms with Gasteiger partial charge < -0.3 is 15.8 Å². The molecule has 1 amide bonds. The van der Waals surface area contributed by atoms with Gasteiger partial charge in [-0.2, -0.15) is 0 Å². The Morgan fingerprint density at radius 3 is 2.50 bits per heavy atom. The minimum Gasteiger partial charge on any atom is -0.497 e. The predicted octanol–water partition coefficient (Wildman–Crippen LogP) is 2.57. The summed E-state index contributed by atoms with van der Waals surface area (Å²) in [5.41, 5.74) is 7.12. The van der Waals surface area contributed by atoms with Gasteiger partial charge in [-0.1, -0.05) is 39.8 Å². The van der Waals surface area contributed by atoms with Crippen LogP contribution in [0, 0.1) is 5.92 Å².